The number of fused-ring (bicyclic) bond motifs is 1. The van der Waals surface area contributed by atoms with Crippen molar-refractivity contribution < 1.29 is 9.59 Å². The number of nitrogens with zero attached hydrogens (tertiary/aromatic N) is 4. The number of rotatable bonds is 7. The second-order valence-electron chi connectivity index (χ2n) is 8.99. The Balaban J connectivity index is 1.39. The average molecular weight is 481 g/mol. The summed E-state index contributed by atoms with van der Waals surface area (Å²) in [5.41, 5.74) is 11.0. The number of aromatic nitrogens is 3. The molecule has 1 aliphatic heterocycles. The summed E-state index contributed by atoms with van der Waals surface area (Å²) in [5.74, 6) is -0.686. The van der Waals surface area contributed by atoms with Crippen molar-refractivity contribution in [1.82, 2.24) is 24.8 Å². The summed E-state index contributed by atoms with van der Waals surface area (Å²) >= 11 is 0. The zero-order valence-electron chi connectivity index (χ0n) is 19.9. The highest BCUT2D eigenvalue weighted by molar-refractivity contribution is 5.91. The van der Waals surface area contributed by atoms with Crippen LogP contribution in [0.4, 0.5) is 0 Å². The monoisotopic (exact) mass is 480 g/mol. The third-order valence-corrected chi connectivity index (χ3v) is 6.53. The molecular formula is C28H28N6O2. The molecule has 5 rings (SSSR count). The second kappa shape index (κ2) is 10.1. The number of hydrogen-bond donors (Lipinski definition) is 2. The van der Waals surface area contributed by atoms with E-state index in [4.69, 9.17) is 10.7 Å². The maximum absolute atomic E-state index is 11.7. The molecule has 1 saturated heterocycles. The highest BCUT2D eigenvalue weighted by Gasteiger charge is 2.21. The van der Waals surface area contributed by atoms with Crippen LogP contribution in [0.5, 0.6) is 0 Å². The summed E-state index contributed by atoms with van der Waals surface area (Å²) in [5, 5.41) is 7.46. The molecule has 8 heteroatoms. The van der Waals surface area contributed by atoms with Crippen molar-refractivity contribution in [3.8, 4) is 22.5 Å². The first kappa shape index (κ1) is 23.4. The molecule has 4 aromatic rings. The van der Waals surface area contributed by atoms with Crippen molar-refractivity contribution in [3.05, 3.63) is 90.6 Å². The predicted octanol–water partition coefficient (Wildman–Crippen LogP) is 3.43. The summed E-state index contributed by atoms with van der Waals surface area (Å²) in [6.07, 6.45) is 3.19. The number of nitrogens with one attached hydrogen (secondary N) is 1. The number of hydrogen-bond acceptors (Lipinski definition) is 5. The van der Waals surface area contributed by atoms with Gasteiger partial charge < -0.3 is 11.1 Å². The highest BCUT2D eigenvalue weighted by Crippen LogP contribution is 2.32. The standard InChI is InChI=1S/C28H28N6O2/c1-2-25(35)30-22-14-16-33(17-15-22)18-19-8-10-20(11-9-19)26-27(21-6-4-3-5-7-21)34-24(31-26)13-12-23(32-34)28(29)36/h2-13,22H,1,14-18H2,(H2,29,36)(H,30,35). The van der Waals surface area contributed by atoms with Gasteiger partial charge >= 0.3 is 0 Å². The van der Waals surface area contributed by atoms with E-state index in [1.807, 2.05) is 30.3 Å². The smallest absolute Gasteiger partial charge is 0.269 e. The fourth-order valence-corrected chi connectivity index (χ4v) is 4.64. The molecule has 8 nitrogen and oxygen atoms in total. The van der Waals surface area contributed by atoms with E-state index in [1.54, 1.807) is 16.6 Å². The Hall–Kier alpha value is -4.30. The van der Waals surface area contributed by atoms with E-state index in [0.717, 1.165) is 55.0 Å². The minimum absolute atomic E-state index is 0.105. The maximum atomic E-state index is 11.7. The molecule has 3 heterocycles. The number of benzene rings is 2. The molecule has 0 aliphatic carbocycles. The minimum atomic E-state index is -0.581. The molecule has 0 atom stereocenters. The fraction of sp³-hybridized carbons (Fsp3) is 0.214. The van der Waals surface area contributed by atoms with Crippen LogP contribution in [0.3, 0.4) is 0 Å². The number of primary amides is 1. The molecule has 2 aromatic carbocycles. The zero-order valence-corrected chi connectivity index (χ0v) is 19.9. The molecule has 36 heavy (non-hydrogen) atoms. The third kappa shape index (κ3) is 4.89. The molecule has 1 aliphatic rings. The molecule has 3 N–H and O–H groups in total. The first-order valence-corrected chi connectivity index (χ1v) is 12.0. The van der Waals surface area contributed by atoms with Gasteiger partial charge in [0.2, 0.25) is 5.91 Å². The molecule has 2 amide bonds. The summed E-state index contributed by atoms with van der Waals surface area (Å²) in [4.78, 5) is 30.5. The second-order valence-corrected chi connectivity index (χ2v) is 8.99. The van der Waals surface area contributed by atoms with Crippen LogP contribution in [0.25, 0.3) is 28.2 Å². The Bertz CT molecular complexity index is 1400. The lowest BCUT2D eigenvalue weighted by Gasteiger charge is -2.32. The zero-order chi connectivity index (χ0) is 25.1. The van der Waals surface area contributed by atoms with Gasteiger partial charge in [-0.15, -0.1) is 0 Å². The maximum Gasteiger partial charge on any atom is 0.269 e. The van der Waals surface area contributed by atoms with E-state index < -0.39 is 5.91 Å². The van der Waals surface area contributed by atoms with E-state index >= 15 is 0 Å². The van der Waals surface area contributed by atoms with Crippen LogP contribution in [0.1, 0.15) is 28.9 Å². The number of nitrogens with two attached hydrogens (primary N) is 1. The first-order chi connectivity index (χ1) is 17.5. The van der Waals surface area contributed by atoms with Gasteiger partial charge in [0.1, 0.15) is 11.4 Å². The topological polar surface area (TPSA) is 106 Å². The molecule has 0 spiro atoms. The largest absolute Gasteiger partial charge is 0.364 e. The van der Waals surface area contributed by atoms with Gasteiger partial charge in [-0.2, -0.15) is 5.10 Å². The van der Waals surface area contributed by atoms with Crippen LogP contribution in [-0.4, -0.2) is 50.4 Å². The van der Waals surface area contributed by atoms with Crippen molar-refractivity contribution in [2.75, 3.05) is 13.1 Å². The van der Waals surface area contributed by atoms with Crippen LogP contribution >= 0.6 is 0 Å². The van der Waals surface area contributed by atoms with Gasteiger partial charge in [-0.25, -0.2) is 9.50 Å². The molecule has 182 valence electrons. The average Bonchev–Trinajstić information content (AvgIpc) is 3.29. The van der Waals surface area contributed by atoms with E-state index in [1.165, 1.54) is 11.6 Å². The van der Waals surface area contributed by atoms with Crippen molar-refractivity contribution >= 4 is 17.5 Å². The van der Waals surface area contributed by atoms with Gasteiger partial charge in [0.05, 0.1) is 5.69 Å². The lowest BCUT2D eigenvalue weighted by molar-refractivity contribution is -0.117. The number of carbonyl (C=O) groups excluding carboxylic acids is 2. The van der Waals surface area contributed by atoms with Gasteiger partial charge in [0, 0.05) is 36.8 Å². The van der Waals surface area contributed by atoms with E-state index in [-0.39, 0.29) is 17.6 Å². The molecular weight excluding hydrogens is 452 g/mol. The Labute approximate surface area is 209 Å². The van der Waals surface area contributed by atoms with Crippen molar-refractivity contribution in [1.29, 1.82) is 0 Å². The fourth-order valence-electron chi connectivity index (χ4n) is 4.64. The summed E-state index contributed by atoms with van der Waals surface area (Å²) in [6, 6.07) is 21.9. The molecule has 0 saturated carbocycles. The van der Waals surface area contributed by atoms with E-state index in [2.05, 4.69) is 46.2 Å². The predicted molar refractivity (Wildman–Crippen MR) is 139 cm³/mol. The molecule has 2 aromatic heterocycles. The van der Waals surface area contributed by atoms with Gasteiger partial charge in [-0.1, -0.05) is 61.2 Å². The van der Waals surface area contributed by atoms with Crippen LogP contribution in [-0.2, 0) is 11.3 Å². The SMILES string of the molecule is C=CC(=O)NC1CCN(Cc2ccc(-c3nc4ccc(C(N)=O)nn4c3-c3ccccc3)cc2)CC1. The van der Waals surface area contributed by atoms with Gasteiger partial charge in [-0.05, 0) is 36.6 Å². The number of likely N-dealkylation sites (tertiary alicyclic amines) is 1. The Morgan fingerprint density at radius 1 is 1.00 bits per heavy atom. The molecule has 1 fully saturated rings. The van der Waals surface area contributed by atoms with Crippen molar-refractivity contribution in [2.24, 2.45) is 5.73 Å². The van der Waals surface area contributed by atoms with Gasteiger partial charge in [0.25, 0.3) is 5.91 Å². The third-order valence-electron chi connectivity index (χ3n) is 6.53. The van der Waals surface area contributed by atoms with E-state index in [9.17, 15) is 9.59 Å². The summed E-state index contributed by atoms with van der Waals surface area (Å²) in [6.45, 7) is 6.24. The van der Waals surface area contributed by atoms with Gasteiger partial charge in [-0.3, -0.25) is 14.5 Å². The highest BCUT2D eigenvalue weighted by atomic mass is 16.2. The Kier molecular flexibility index (Phi) is 6.60. The van der Waals surface area contributed by atoms with Crippen LogP contribution in [0, 0.1) is 0 Å². The lowest BCUT2D eigenvalue weighted by Crippen LogP contribution is -2.43. The van der Waals surface area contributed by atoms with Gasteiger partial charge in [0.15, 0.2) is 5.65 Å². The van der Waals surface area contributed by atoms with Crippen LogP contribution < -0.4 is 11.1 Å². The first-order valence-electron chi connectivity index (χ1n) is 12.0. The number of carbonyl (C=O) groups is 2. The number of amides is 2. The summed E-state index contributed by atoms with van der Waals surface area (Å²) in [7, 11) is 0. The summed E-state index contributed by atoms with van der Waals surface area (Å²) < 4.78 is 1.69. The Morgan fingerprint density at radius 3 is 2.39 bits per heavy atom. The van der Waals surface area contributed by atoms with Crippen molar-refractivity contribution in [3.63, 3.8) is 0 Å². The normalized spacial score (nSPS) is 14.6. The Morgan fingerprint density at radius 2 is 1.72 bits per heavy atom. The number of piperidine rings is 1. The van der Waals surface area contributed by atoms with Crippen LogP contribution in [0.15, 0.2) is 79.4 Å². The lowest BCUT2D eigenvalue weighted by atomic mass is 10.0. The van der Waals surface area contributed by atoms with E-state index in [0.29, 0.717) is 5.65 Å². The number of imidazole rings is 1. The van der Waals surface area contributed by atoms with Crippen LogP contribution in [0.2, 0.25) is 0 Å². The molecule has 0 bridgehead atoms. The van der Waals surface area contributed by atoms with Crippen molar-refractivity contribution in [2.45, 2.75) is 25.4 Å². The quantitative estimate of drug-likeness (QED) is 0.394. The minimum Gasteiger partial charge on any atom is -0.364 e. The molecule has 0 radical (unpaired) electrons. The molecule has 0 unspecified atom stereocenters.